The molecule has 0 atom stereocenters. The molecule has 0 saturated carbocycles. The van der Waals surface area contributed by atoms with E-state index < -0.39 is 5.97 Å². The van der Waals surface area contributed by atoms with Gasteiger partial charge >= 0.3 is 5.97 Å². The third kappa shape index (κ3) is 6.75. The number of halogens is 1. The van der Waals surface area contributed by atoms with Gasteiger partial charge in [0, 0.05) is 17.8 Å². The first kappa shape index (κ1) is 24.2. The van der Waals surface area contributed by atoms with Crippen LogP contribution in [0.15, 0.2) is 54.6 Å². The third-order valence-corrected chi connectivity index (χ3v) is 5.23. The smallest absolute Gasteiger partial charge is 0.358 e. The molecule has 0 unspecified atom stereocenters. The minimum Gasteiger partial charge on any atom is -0.461 e. The van der Waals surface area contributed by atoms with Gasteiger partial charge in [0.2, 0.25) is 0 Å². The van der Waals surface area contributed by atoms with Crippen molar-refractivity contribution in [1.82, 2.24) is 15.1 Å². The highest BCUT2D eigenvalue weighted by molar-refractivity contribution is 5.94. The van der Waals surface area contributed by atoms with Gasteiger partial charge in [-0.05, 0) is 80.1 Å². The molecule has 33 heavy (non-hydrogen) atoms. The Hall–Kier alpha value is -3.48. The average Bonchev–Trinajstić information content (AvgIpc) is 3.24. The zero-order valence-electron chi connectivity index (χ0n) is 19.3. The van der Waals surface area contributed by atoms with E-state index >= 15 is 0 Å². The normalized spacial score (nSPS) is 10.9. The number of amides is 1. The first-order valence-corrected chi connectivity index (χ1v) is 11.3. The molecule has 1 N–H and O–H groups in total. The van der Waals surface area contributed by atoms with Crippen molar-refractivity contribution in [3.8, 4) is 5.69 Å². The average molecular weight is 452 g/mol. The molecule has 0 saturated heterocycles. The first-order chi connectivity index (χ1) is 15.9. The van der Waals surface area contributed by atoms with Crippen molar-refractivity contribution in [2.75, 3.05) is 13.2 Å². The van der Waals surface area contributed by atoms with Crippen LogP contribution in [0.4, 0.5) is 4.39 Å². The molecule has 7 heteroatoms. The second-order valence-electron chi connectivity index (χ2n) is 8.26. The monoisotopic (exact) mass is 451 g/mol. The van der Waals surface area contributed by atoms with Crippen molar-refractivity contribution in [2.45, 2.75) is 40.0 Å². The van der Waals surface area contributed by atoms with Crippen LogP contribution in [0.1, 0.15) is 59.3 Å². The molecule has 0 radical (unpaired) electrons. The number of nitrogens with one attached hydrogen (secondary N) is 1. The summed E-state index contributed by atoms with van der Waals surface area (Å²) >= 11 is 0. The summed E-state index contributed by atoms with van der Waals surface area (Å²) in [4.78, 5) is 24.7. The van der Waals surface area contributed by atoms with E-state index in [1.807, 2.05) is 12.1 Å². The number of ether oxygens (including phenoxy) is 1. The van der Waals surface area contributed by atoms with E-state index in [9.17, 15) is 14.0 Å². The van der Waals surface area contributed by atoms with Gasteiger partial charge in [0.1, 0.15) is 5.82 Å². The van der Waals surface area contributed by atoms with Gasteiger partial charge in [0.05, 0.1) is 12.3 Å². The Morgan fingerprint density at radius 3 is 2.39 bits per heavy atom. The number of esters is 1. The van der Waals surface area contributed by atoms with Gasteiger partial charge in [0.25, 0.3) is 5.91 Å². The molecule has 1 heterocycles. The Kier molecular flexibility index (Phi) is 8.35. The molecule has 3 rings (SSSR count). The van der Waals surface area contributed by atoms with Gasteiger partial charge in [-0.15, -0.1) is 0 Å². The summed E-state index contributed by atoms with van der Waals surface area (Å²) in [6, 6.07) is 15.1. The van der Waals surface area contributed by atoms with Crippen molar-refractivity contribution in [3.63, 3.8) is 0 Å². The minimum absolute atomic E-state index is 0.184. The van der Waals surface area contributed by atoms with Crippen LogP contribution in [-0.2, 0) is 17.6 Å². The predicted molar refractivity (Wildman–Crippen MR) is 125 cm³/mol. The largest absolute Gasteiger partial charge is 0.461 e. The molecular weight excluding hydrogens is 421 g/mol. The number of rotatable bonds is 10. The van der Waals surface area contributed by atoms with E-state index in [4.69, 9.17) is 4.74 Å². The summed E-state index contributed by atoms with van der Waals surface area (Å²) in [5, 5.41) is 7.34. The van der Waals surface area contributed by atoms with E-state index in [-0.39, 0.29) is 24.0 Å². The van der Waals surface area contributed by atoms with Crippen molar-refractivity contribution in [1.29, 1.82) is 0 Å². The number of hydrogen-bond acceptors (Lipinski definition) is 4. The molecule has 0 spiro atoms. The number of aryl methyl sites for hydroxylation is 1. The van der Waals surface area contributed by atoms with E-state index in [2.05, 4.69) is 24.3 Å². The lowest BCUT2D eigenvalue weighted by Crippen LogP contribution is -2.25. The van der Waals surface area contributed by atoms with Crippen molar-refractivity contribution in [3.05, 3.63) is 82.9 Å². The number of aromatic nitrogens is 2. The van der Waals surface area contributed by atoms with Crippen LogP contribution < -0.4 is 5.32 Å². The SMILES string of the molecule is CCOC(=O)c1cc(CCC(C)C)n(-c2ccc(C(=O)NCCc3ccc(F)cc3)cc2)n1. The fraction of sp³-hybridized carbons (Fsp3) is 0.346. The number of hydrogen-bond donors (Lipinski definition) is 1. The molecule has 0 fully saturated rings. The molecule has 0 aliphatic carbocycles. The van der Waals surface area contributed by atoms with Crippen molar-refractivity contribution >= 4 is 11.9 Å². The van der Waals surface area contributed by atoms with Crippen LogP contribution in [0.2, 0.25) is 0 Å². The van der Waals surface area contributed by atoms with Crippen LogP contribution in [0.3, 0.4) is 0 Å². The van der Waals surface area contributed by atoms with Crippen LogP contribution in [0, 0.1) is 11.7 Å². The summed E-state index contributed by atoms with van der Waals surface area (Å²) in [5.41, 5.74) is 3.45. The van der Waals surface area contributed by atoms with E-state index in [0.717, 1.165) is 29.8 Å². The third-order valence-electron chi connectivity index (χ3n) is 5.23. The molecule has 3 aromatic rings. The Labute approximate surface area is 193 Å². The van der Waals surface area contributed by atoms with Crippen LogP contribution >= 0.6 is 0 Å². The van der Waals surface area contributed by atoms with Gasteiger partial charge in [-0.1, -0.05) is 26.0 Å². The highest BCUT2D eigenvalue weighted by atomic mass is 19.1. The molecule has 0 bridgehead atoms. The zero-order chi connectivity index (χ0) is 23.8. The topological polar surface area (TPSA) is 73.2 Å². The summed E-state index contributed by atoms with van der Waals surface area (Å²) < 4.78 is 19.8. The van der Waals surface area contributed by atoms with E-state index in [1.54, 1.807) is 41.9 Å². The number of carbonyl (C=O) groups excluding carboxylic acids is 2. The quantitative estimate of drug-likeness (QED) is 0.452. The Balaban J connectivity index is 1.69. The van der Waals surface area contributed by atoms with Gasteiger partial charge in [-0.3, -0.25) is 4.79 Å². The zero-order valence-corrected chi connectivity index (χ0v) is 19.3. The maximum atomic E-state index is 13.0. The predicted octanol–water partition coefficient (Wildman–Crippen LogP) is 4.75. The minimum atomic E-state index is -0.445. The van der Waals surface area contributed by atoms with Gasteiger partial charge < -0.3 is 10.1 Å². The van der Waals surface area contributed by atoms with Crippen LogP contribution in [0.25, 0.3) is 5.69 Å². The number of carbonyl (C=O) groups is 2. The lowest BCUT2D eigenvalue weighted by atomic mass is 10.1. The highest BCUT2D eigenvalue weighted by Gasteiger charge is 2.17. The highest BCUT2D eigenvalue weighted by Crippen LogP contribution is 2.18. The first-order valence-electron chi connectivity index (χ1n) is 11.3. The van der Waals surface area contributed by atoms with Crippen molar-refractivity contribution in [2.24, 2.45) is 5.92 Å². The fourth-order valence-corrected chi connectivity index (χ4v) is 3.39. The fourth-order valence-electron chi connectivity index (χ4n) is 3.39. The Morgan fingerprint density at radius 1 is 1.06 bits per heavy atom. The summed E-state index contributed by atoms with van der Waals surface area (Å²) in [6.07, 6.45) is 2.35. The molecule has 0 aliphatic rings. The molecule has 6 nitrogen and oxygen atoms in total. The standard InChI is InChI=1S/C26H30FN3O3/c1-4-33-26(32)24-17-23(12-5-18(2)3)30(29-24)22-13-8-20(9-14-22)25(31)28-16-15-19-6-10-21(27)11-7-19/h6-11,13-14,17-18H,4-5,12,15-16H2,1-3H3,(H,28,31). The second-order valence-corrected chi connectivity index (χ2v) is 8.26. The van der Waals surface area contributed by atoms with Gasteiger partial charge in [-0.25, -0.2) is 13.9 Å². The molecule has 0 aliphatic heterocycles. The Bertz CT molecular complexity index is 1070. The van der Waals surface area contributed by atoms with Crippen molar-refractivity contribution < 1.29 is 18.7 Å². The summed E-state index contributed by atoms with van der Waals surface area (Å²) in [5.74, 6) is -0.391. The summed E-state index contributed by atoms with van der Waals surface area (Å²) in [6.45, 7) is 6.80. The lowest BCUT2D eigenvalue weighted by molar-refractivity contribution is 0.0518. The molecule has 2 aromatic carbocycles. The molecular formula is C26H30FN3O3. The van der Waals surface area contributed by atoms with Crippen LogP contribution in [0.5, 0.6) is 0 Å². The molecule has 174 valence electrons. The lowest BCUT2D eigenvalue weighted by Gasteiger charge is -2.10. The second kappa shape index (κ2) is 11.4. The van der Waals surface area contributed by atoms with Gasteiger partial charge in [-0.2, -0.15) is 5.10 Å². The Morgan fingerprint density at radius 2 is 1.76 bits per heavy atom. The van der Waals surface area contributed by atoms with Crippen LogP contribution in [-0.4, -0.2) is 34.8 Å². The maximum Gasteiger partial charge on any atom is 0.358 e. The van der Waals surface area contributed by atoms with E-state index in [1.165, 1.54) is 12.1 Å². The molecule has 1 aromatic heterocycles. The van der Waals surface area contributed by atoms with Gasteiger partial charge in [0.15, 0.2) is 5.69 Å². The number of benzene rings is 2. The summed E-state index contributed by atoms with van der Waals surface area (Å²) in [7, 11) is 0. The maximum absolute atomic E-state index is 13.0. The molecule has 1 amide bonds. The number of nitrogens with zero attached hydrogens (tertiary/aromatic N) is 2. The van der Waals surface area contributed by atoms with E-state index in [0.29, 0.717) is 24.4 Å².